The summed E-state index contributed by atoms with van der Waals surface area (Å²) >= 11 is 0. The maximum absolute atomic E-state index is 10.6. The van der Waals surface area contributed by atoms with Crippen molar-refractivity contribution in [1.82, 2.24) is 15.0 Å². The third-order valence-corrected chi connectivity index (χ3v) is 3.22. The van der Waals surface area contributed by atoms with E-state index in [0.717, 1.165) is 18.7 Å². The number of aromatic nitrogens is 3. The van der Waals surface area contributed by atoms with Crippen LogP contribution in [0.15, 0.2) is 30.5 Å². The van der Waals surface area contributed by atoms with E-state index >= 15 is 0 Å². The van der Waals surface area contributed by atoms with Gasteiger partial charge in [0.2, 0.25) is 0 Å². The van der Waals surface area contributed by atoms with Gasteiger partial charge in [0.25, 0.3) is 0 Å². The third-order valence-electron chi connectivity index (χ3n) is 3.22. The van der Waals surface area contributed by atoms with Crippen LogP contribution in [0.3, 0.4) is 0 Å². The van der Waals surface area contributed by atoms with Gasteiger partial charge in [0.1, 0.15) is 12.2 Å². The molecule has 0 fully saturated rings. The van der Waals surface area contributed by atoms with Crippen LogP contribution in [0.25, 0.3) is 0 Å². The number of hydrogen-bond acceptors (Lipinski definition) is 4. The van der Waals surface area contributed by atoms with Crippen molar-refractivity contribution in [3.8, 4) is 0 Å². The Balaban J connectivity index is 1.73. The summed E-state index contributed by atoms with van der Waals surface area (Å²) in [7, 11) is 0. The van der Waals surface area contributed by atoms with Crippen LogP contribution in [0.1, 0.15) is 11.3 Å². The van der Waals surface area contributed by atoms with Gasteiger partial charge in [-0.2, -0.15) is 0 Å². The fraction of sp³-hybridized carbons (Fsp3) is 0.308. The molecule has 1 aliphatic heterocycles. The first-order valence-corrected chi connectivity index (χ1v) is 6.16. The number of carboxylic acids is 1. The number of nitrogens with zero attached hydrogens (tertiary/aromatic N) is 4. The minimum absolute atomic E-state index is 0.149. The SMILES string of the molecule is O=C(O)Cn1cc(CN2CCc3ccccc32)nn1. The number of carboxylic acid groups (broad SMARTS) is 1. The number of rotatable bonds is 4. The van der Waals surface area contributed by atoms with E-state index < -0.39 is 5.97 Å². The van der Waals surface area contributed by atoms with Gasteiger partial charge >= 0.3 is 5.97 Å². The van der Waals surface area contributed by atoms with Gasteiger partial charge in [-0.1, -0.05) is 23.4 Å². The van der Waals surface area contributed by atoms with E-state index in [1.807, 2.05) is 12.1 Å². The Morgan fingerprint density at radius 2 is 2.21 bits per heavy atom. The number of para-hydroxylation sites is 1. The predicted molar refractivity (Wildman–Crippen MR) is 68.9 cm³/mol. The summed E-state index contributed by atoms with van der Waals surface area (Å²) in [6, 6.07) is 8.31. The second-order valence-corrected chi connectivity index (χ2v) is 4.60. The number of benzene rings is 1. The highest BCUT2D eigenvalue weighted by atomic mass is 16.4. The van der Waals surface area contributed by atoms with Crippen LogP contribution in [0.5, 0.6) is 0 Å². The lowest BCUT2D eigenvalue weighted by atomic mass is 10.2. The molecule has 1 aromatic heterocycles. The second kappa shape index (κ2) is 4.72. The van der Waals surface area contributed by atoms with Crippen LogP contribution in [-0.4, -0.2) is 32.6 Å². The molecule has 0 saturated carbocycles. The molecule has 98 valence electrons. The molecule has 19 heavy (non-hydrogen) atoms. The highest BCUT2D eigenvalue weighted by Crippen LogP contribution is 2.28. The van der Waals surface area contributed by atoms with E-state index in [0.29, 0.717) is 6.54 Å². The summed E-state index contributed by atoms with van der Waals surface area (Å²) in [5, 5.41) is 16.5. The highest BCUT2D eigenvalue weighted by Gasteiger charge is 2.19. The average Bonchev–Trinajstić information content (AvgIpc) is 2.97. The first-order chi connectivity index (χ1) is 9.22. The van der Waals surface area contributed by atoms with Crippen molar-refractivity contribution in [2.75, 3.05) is 11.4 Å². The summed E-state index contributed by atoms with van der Waals surface area (Å²) in [5.41, 5.74) is 3.37. The van der Waals surface area contributed by atoms with Crippen LogP contribution in [-0.2, 0) is 24.3 Å². The van der Waals surface area contributed by atoms with Crippen molar-refractivity contribution in [2.24, 2.45) is 0 Å². The van der Waals surface area contributed by atoms with Crippen molar-refractivity contribution >= 4 is 11.7 Å². The fourth-order valence-electron chi connectivity index (χ4n) is 2.39. The summed E-state index contributed by atoms with van der Waals surface area (Å²) in [5.74, 6) is -0.914. The molecular formula is C13H14N4O2. The molecule has 6 heteroatoms. The minimum atomic E-state index is -0.914. The summed E-state index contributed by atoms with van der Waals surface area (Å²) in [4.78, 5) is 12.8. The normalized spacial score (nSPS) is 13.6. The van der Waals surface area contributed by atoms with Crippen LogP contribution < -0.4 is 4.90 Å². The Hall–Kier alpha value is -2.37. The summed E-state index contributed by atoms with van der Waals surface area (Å²) in [6.07, 6.45) is 2.73. The third kappa shape index (κ3) is 2.42. The van der Waals surface area contributed by atoms with Gasteiger partial charge in [0.15, 0.2) is 0 Å². The zero-order valence-corrected chi connectivity index (χ0v) is 10.4. The lowest BCUT2D eigenvalue weighted by molar-refractivity contribution is -0.137. The molecule has 3 rings (SSSR count). The molecule has 0 atom stereocenters. The van der Waals surface area contributed by atoms with E-state index in [4.69, 9.17) is 5.11 Å². The second-order valence-electron chi connectivity index (χ2n) is 4.60. The van der Waals surface area contributed by atoms with Crippen molar-refractivity contribution in [3.63, 3.8) is 0 Å². The molecule has 1 N–H and O–H groups in total. The lowest BCUT2D eigenvalue weighted by Crippen LogP contribution is -2.19. The molecule has 0 saturated heterocycles. The largest absolute Gasteiger partial charge is 0.480 e. The molecule has 2 heterocycles. The van der Waals surface area contributed by atoms with Gasteiger partial charge in [0, 0.05) is 12.2 Å². The Morgan fingerprint density at radius 3 is 3.05 bits per heavy atom. The number of carbonyl (C=O) groups is 1. The van der Waals surface area contributed by atoms with E-state index in [1.165, 1.54) is 15.9 Å². The smallest absolute Gasteiger partial charge is 0.325 e. The van der Waals surface area contributed by atoms with Crippen molar-refractivity contribution < 1.29 is 9.90 Å². The Bertz CT molecular complexity index is 608. The van der Waals surface area contributed by atoms with Gasteiger partial charge in [-0.05, 0) is 18.1 Å². The number of hydrogen-bond donors (Lipinski definition) is 1. The number of fused-ring (bicyclic) bond motifs is 1. The molecular weight excluding hydrogens is 244 g/mol. The molecule has 6 nitrogen and oxygen atoms in total. The van der Waals surface area contributed by atoms with E-state index in [9.17, 15) is 4.79 Å². The molecule has 0 unspecified atom stereocenters. The standard InChI is InChI=1S/C13H14N4O2/c18-13(19)9-17-8-11(14-15-17)7-16-6-5-10-3-1-2-4-12(10)16/h1-4,8H,5-7,9H2,(H,18,19). The fourth-order valence-corrected chi connectivity index (χ4v) is 2.39. The molecule has 1 aliphatic rings. The van der Waals surface area contributed by atoms with Gasteiger partial charge in [-0.25, -0.2) is 4.68 Å². The quantitative estimate of drug-likeness (QED) is 0.883. The average molecular weight is 258 g/mol. The zero-order valence-electron chi connectivity index (χ0n) is 10.4. The van der Waals surface area contributed by atoms with E-state index in [1.54, 1.807) is 6.20 Å². The monoisotopic (exact) mass is 258 g/mol. The first kappa shape index (κ1) is 11.7. The molecule has 2 aromatic rings. The Kier molecular flexibility index (Phi) is 2.91. The lowest BCUT2D eigenvalue weighted by Gasteiger charge is -2.17. The molecule has 0 amide bonds. The highest BCUT2D eigenvalue weighted by molar-refractivity contribution is 5.66. The van der Waals surface area contributed by atoms with Crippen LogP contribution in [0.2, 0.25) is 0 Å². The molecule has 0 spiro atoms. The molecule has 1 aromatic carbocycles. The molecule has 0 bridgehead atoms. The maximum Gasteiger partial charge on any atom is 0.325 e. The maximum atomic E-state index is 10.6. The first-order valence-electron chi connectivity index (χ1n) is 6.16. The van der Waals surface area contributed by atoms with Gasteiger partial charge in [-0.15, -0.1) is 5.10 Å². The van der Waals surface area contributed by atoms with Crippen LogP contribution in [0.4, 0.5) is 5.69 Å². The van der Waals surface area contributed by atoms with Crippen molar-refractivity contribution in [2.45, 2.75) is 19.5 Å². The summed E-state index contributed by atoms with van der Waals surface area (Å²) < 4.78 is 1.35. The van der Waals surface area contributed by atoms with Gasteiger partial charge in [0.05, 0.1) is 12.7 Å². The van der Waals surface area contributed by atoms with Gasteiger partial charge in [-0.3, -0.25) is 4.79 Å². The topological polar surface area (TPSA) is 71.2 Å². The molecule has 0 aliphatic carbocycles. The van der Waals surface area contributed by atoms with Crippen LogP contribution in [0, 0.1) is 0 Å². The number of anilines is 1. The minimum Gasteiger partial charge on any atom is -0.480 e. The Labute approximate surface area is 110 Å². The van der Waals surface area contributed by atoms with E-state index in [-0.39, 0.29) is 6.54 Å². The number of aliphatic carboxylic acids is 1. The van der Waals surface area contributed by atoms with E-state index in [2.05, 4.69) is 27.3 Å². The Morgan fingerprint density at radius 1 is 1.37 bits per heavy atom. The predicted octanol–water partition coefficient (Wildman–Crippen LogP) is 0.925. The molecule has 0 radical (unpaired) electrons. The van der Waals surface area contributed by atoms with Crippen LogP contribution >= 0.6 is 0 Å². The van der Waals surface area contributed by atoms with Crippen molar-refractivity contribution in [3.05, 3.63) is 41.7 Å². The zero-order chi connectivity index (χ0) is 13.2. The van der Waals surface area contributed by atoms with Crippen molar-refractivity contribution in [1.29, 1.82) is 0 Å². The summed E-state index contributed by atoms with van der Waals surface area (Å²) in [6.45, 7) is 1.48. The van der Waals surface area contributed by atoms with Gasteiger partial charge < -0.3 is 10.0 Å².